The Hall–Kier alpha value is -3.66. The van der Waals surface area contributed by atoms with E-state index < -0.39 is 10.0 Å². The van der Waals surface area contributed by atoms with Gasteiger partial charge >= 0.3 is 0 Å². The summed E-state index contributed by atoms with van der Waals surface area (Å²) < 4.78 is 37.6. The van der Waals surface area contributed by atoms with E-state index in [-0.39, 0.29) is 23.2 Å². The number of rotatable bonds is 9. The third-order valence-corrected chi connectivity index (χ3v) is 5.67. The van der Waals surface area contributed by atoms with Crippen LogP contribution in [0.3, 0.4) is 0 Å². The van der Waals surface area contributed by atoms with E-state index in [0.717, 1.165) is 5.56 Å². The molecule has 10 heteroatoms. The molecule has 0 bridgehead atoms. The summed E-state index contributed by atoms with van der Waals surface area (Å²) in [6.07, 6.45) is 3.64. The molecule has 0 aliphatic heterocycles. The maximum atomic E-state index is 12.4. The summed E-state index contributed by atoms with van der Waals surface area (Å²) in [6.45, 7) is 0. The normalized spacial score (nSPS) is 10.9. The third-order valence-electron chi connectivity index (χ3n) is 4.33. The van der Waals surface area contributed by atoms with Crippen LogP contribution >= 0.6 is 0 Å². The maximum Gasteiger partial charge on any atom is 0.264 e. The van der Waals surface area contributed by atoms with E-state index >= 15 is 0 Å². The van der Waals surface area contributed by atoms with Crippen molar-refractivity contribution >= 4 is 27.6 Å². The van der Waals surface area contributed by atoms with Gasteiger partial charge in [0.05, 0.1) is 19.1 Å². The van der Waals surface area contributed by atoms with Crippen molar-refractivity contribution in [3.05, 3.63) is 66.5 Å². The van der Waals surface area contributed by atoms with Crippen molar-refractivity contribution in [2.24, 2.45) is 0 Å². The van der Waals surface area contributed by atoms with E-state index in [1.54, 1.807) is 26.4 Å². The molecule has 1 heterocycles. The number of methoxy groups -OCH3 is 2. The van der Waals surface area contributed by atoms with Crippen LogP contribution in [0.15, 0.2) is 65.8 Å². The zero-order valence-electron chi connectivity index (χ0n) is 17.0. The Labute approximate surface area is 180 Å². The number of nitrogens with one attached hydrogen (secondary N) is 2. The summed E-state index contributed by atoms with van der Waals surface area (Å²) in [5, 5.41) is 2.76. The Morgan fingerprint density at radius 3 is 2.29 bits per heavy atom. The van der Waals surface area contributed by atoms with Crippen molar-refractivity contribution in [3.63, 3.8) is 0 Å². The molecule has 3 rings (SSSR count). The van der Waals surface area contributed by atoms with Gasteiger partial charge in [0, 0.05) is 24.5 Å². The molecule has 1 amide bonds. The molecular weight excluding hydrogens is 420 g/mol. The number of amides is 1. The van der Waals surface area contributed by atoms with Gasteiger partial charge < -0.3 is 14.8 Å². The summed E-state index contributed by atoms with van der Waals surface area (Å²) in [7, 11) is -0.708. The third kappa shape index (κ3) is 5.92. The van der Waals surface area contributed by atoms with Crippen LogP contribution in [0, 0.1) is 0 Å². The molecule has 0 fully saturated rings. The minimum absolute atomic E-state index is 0.0185. The van der Waals surface area contributed by atoms with Crippen LogP contribution in [-0.4, -0.2) is 38.5 Å². The van der Waals surface area contributed by atoms with E-state index in [4.69, 9.17) is 9.47 Å². The average molecular weight is 442 g/mol. The second-order valence-electron chi connectivity index (χ2n) is 6.44. The second kappa shape index (κ2) is 9.90. The van der Waals surface area contributed by atoms with Gasteiger partial charge in [-0.2, -0.15) is 0 Å². The Kier molecular flexibility index (Phi) is 7.03. The quantitative estimate of drug-likeness (QED) is 0.523. The van der Waals surface area contributed by atoms with Crippen LogP contribution in [-0.2, 0) is 21.2 Å². The standard InChI is InChI=1S/C21H22N4O5S/c1-29-18-10-4-15(14-19(18)30-2)5-11-20(26)24-16-6-8-17(9-7-16)31(27,28)25-21-22-12-3-13-23-21/h3-4,6-10,12-14H,5,11H2,1-2H3,(H,24,26)(H,22,23,25). The second-order valence-corrected chi connectivity index (χ2v) is 8.12. The van der Waals surface area contributed by atoms with E-state index in [2.05, 4.69) is 20.0 Å². The molecule has 0 spiro atoms. The SMILES string of the molecule is COc1ccc(CCC(=O)Nc2ccc(S(=O)(=O)Nc3ncccn3)cc2)cc1OC. The molecule has 2 aromatic carbocycles. The highest BCUT2D eigenvalue weighted by Crippen LogP contribution is 2.28. The summed E-state index contributed by atoms with van der Waals surface area (Å²) in [5.74, 6) is 1.02. The van der Waals surface area contributed by atoms with E-state index in [1.807, 2.05) is 12.1 Å². The zero-order valence-corrected chi connectivity index (χ0v) is 17.8. The maximum absolute atomic E-state index is 12.4. The fraction of sp³-hybridized carbons (Fsp3) is 0.190. The van der Waals surface area contributed by atoms with Crippen LogP contribution in [0.5, 0.6) is 11.5 Å². The van der Waals surface area contributed by atoms with Crippen LogP contribution < -0.4 is 19.5 Å². The molecule has 162 valence electrons. The molecule has 0 saturated heterocycles. The van der Waals surface area contributed by atoms with Crippen molar-refractivity contribution in [3.8, 4) is 11.5 Å². The summed E-state index contributed by atoms with van der Waals surface area (Å²) >= 11 is 0. The number of aryl methyl sites for hydroxylation is 1. The lowest BCUT2D eigenvalue weighted by molar-refractivity contribution is -0.116. The van der Waals surface area contributed by atoms with Gasteiger partial charge in [0.1, 0.15) is 0 Å². The molecule has 0 aliphatic rings. The number of anilines is 2. The van der Waals surface area contributed by atoms with Crippen LogP contribution in [0.4, 0.5) is 11.6 Å². The molecule has 9 nitrogen and oxygen atoms in total. The van der Waals surface area contributed by atoms with Gasteiger partial charge in [-0.25, -0.2) is 23.1 Å². The van der Waals surface area contributed by atoms with Crippen molar-refractivity contribution in [1.82, 2.24) is 9.97 Å². The number of benzene rings is 2. The van der Waals surface area contributed by atoms with Gasteiger partial charge in [-0.3, -0.25) is 4.79 Å². The van der Waals surface area contributed by atoms with Gasteiger partial charge in [0.15, 0.2) is 11.5 Å². The van der Waals surface area contributed by atoms with E-state index in [9.17, 15) is 13.2 Å². The molecule has 0 radical (unpaired) electrons. The Morgan fingerprint density at radius 2 is 1.65 bits per heavy atom. The fourth-order valence-electron chi connectivity index (χ4n) is 2.77. The number of ether oxygens (including phenoxy) is 2. The molecule has 3 aromatic rings. The molecule has 1 aromatic heterocycles. The van der Waals surface area contributed by atoms with Gasteiger partial charge in [-0.15, -0.1) is 0 Å². The molecule has 2 N–H and O–H groups in total. The lowest BCUT2D eigenvalue weighted by Crippen LogP contribution is -2.15. The first kappa shape index (κ1) is 22.0. The summed E-state index contributed by atoms with van der Waals surface area (Å²) in [4.78, 5) is 20.0. The lowest BCUT2D eigenvalue weighted by Gasteiger charge is -2.10. The van der Waals surface area contributed by atoms with Crippen LogP contribution in [0.2, 0.25) is 0 Å². The fourth-order valence-corrected chi connectivity index (χ4v) is 3.72. The molecule has 31 heavy (non-hydrogen) atoms. The predicted octanol–water partition coefficient (Wildman–Crippen LogP) is 2.87. The first-order valence-electron chi connectivity index (χ1n) is 9.32. The first-order valence-corrected chi connectivity index (χ1v) is 10.8. The van der Waals surface area contributed by atoms with Crippen molar-refractivity contribution in [2.45, 2.75) is 17.7 Å². The predicted molar refractivity (Wildman–Crippen MR) is 116 cm³/mol. The topological polar surface area (TPSA) is 120 Å². The first-order chi connectivity index (χ1) is 14.9. The highest BCUT2D eigenvalue weighted by atomic mass is 32.2. The number of sulfonamides is 1. The minimum Gasteiger partial charge on any atom is -0.493 e. The monoisotopic (exact) mass is 442 g/mol. The van der Waals surface area contributed by atoms with Gasteiger partial charge in [0.2, 0.25) is 11.9 Å². The highest BCUT2D eigenvalue weighted by molar-refractivity contribution is 7.92. The molecule has 0 unspecified atom stereocenters. The van der Waals surface area contributed by atoms with Crippen molar-refractivity contribution in [1.29, 1.82) is 0 Å². The summed E-state index contributed by atoms with van der Waals surface area (Å²) in [5.41, 5.74) is 1.43. The van der Waals surface area contributed by atoms with Crippen LogP contribution in [0.1, 0.15) is 12.0 Å². The number of aromatic nitrogens is 2. The Bertz CT molecular complexity index is 1140. The van der Waals surface area contributed by atoms with Gasteiger partial charge in [-0.05, 0) is 54.4 Å². The largest absolute Gasteiger partial charge is 0.493 e. The van der Waals surface area contributed by atoms with Gasteiger partial charge in [-0.1, -0.05) is 6.07 Å². The molecule has 0 atom stereocenters. The van der Waals surface area contributed by atoms with Gasteiger partial charge in [0.25, 0.3) is 10.0 Å². The number of nitrogens with zero attached hydrogens (tertiary/aromatic N) is 2. The number of carbonyl (C=O) groups excluding carboxylic acids is 1. The molecular formula is C21H22N4O5S. The lowest BCUT2D eigenvalue weighted by atomic mass is 10.1. The Balaban J connectivity index is 1.57. The molecule has 0 aliphatic carbocycles. The zero-order chi connectivity index (χ0) is 22.3. The summed E-state index contributed by atoms with van der Waals surface area (Å²) in [6, 6.07) is 12.9. The van der Waals surface area contributed by atoms with Crippen LogP contribution in [0.25, 0.3) is 0 Å². The van der Waals surface area contributed by atoms with E-state index in [0.29, 0.717) is 23.6 Å². The number of hydrogen-bond donors (Lipinski definition) is 2. The van der Waals surface area contributed by atoms with Crippen molar-refractivity contribution < 1.29 is 22.7 Å². The van der Waals surface area contributed by atoms with Crippen molar-refractivity contribution in [2.75, 3.05) is 24.3 Å². The smallest absolute Gasteiger partial charge is 0.264 e. The minimum atomic E-state index is -3.83. The average Bonchev–Trinajstić information content (AvgIpc) is 2.78. The highest BCUT2D eigenvalue weighted by Gasteiger charge is 2.15. The van der Waals surface area contributed by atoms with E-state index in [1.165, 1.54) is 36.7 Å². The molecule has 0 saturated carbocycles. The number of carbonyl (C=O) groups is 1. The number of hydrogen-bond acceptors (Lipinski definition) is 7. The Morgan fingerprint density at radius 1 is 0.968 bits per heavy atom.